The summed E-state index contributed by atoms with van der Waals surface area (Å²) < 4.78 is 26.8. The minimum absolute atomic E-state index is 0.0605. The van der Waals surface area contributed by atoms with Crippen molar-refractivity contribution in [3.63, 3.8) is 0 Å². The van der Waals surface area contributed by atoms with Gasteiger partial charge in [-0.2, -0.15) is 0 Å². The number of hydrogen-bond acceptors (Lipinski definition) is 3. The normalized spacial score (nSPS) is 15.2. The number of likely N-dealkylation sites (tertiary alicyclic amines) is 1. The molecule has 2 N–H and O–H groups in total. The predicted octanol–water partition coefficient (Wildman–Crippen LogP) is 3.17. The number of nitrogens with zero attached hydrogens (tertiary/aromatic N) is 1. The van der Waals surface area contributed by atoms with Crippen LogP contribution in [0.15, 0.2) is 42.5 Å². The molecule has 1 amide bonds. The Morgan fingerprint density at radius 3 is 2.48 bits per heavy atom. The van der Waals surface area contributed by atoms with E-state index < -0.39 is 11.6 Å². The molecule has 0 aliphatic carbocycles. The van der Waals surface area contributed by atoms with Crippen molar-refractivity contribution in [3.8, 4) is 0 Å². The highest BCUT2D eigenvalue weighted by Gasteiger charge is 2.22. The number of aliphatic hydroxyl groups excluding tert-OH is 1. The van der Waals surface area contributed by atoms with E-state index in [2.05, 4.69) is 5.32 Å². The quantitative estimate of drug-likeness (QED) is 0.894. The van der Waals surface area contributed by atoms with E-state index in [1.54, 1.807) is 29.2 Å². The molecule has 132 valence electrons. The van der Waals surface area contributed by atoms with Gasteiger partial charge in [-0.1, -0.05) is 0 Å². The fraction of sp³-hybridized carbons (Fsp3) is 0.316. The molecule has 0 aromatic heterocycles. The molecule has 0 radical (unpaired) electrons. The summed E-state index contributed by atoms with van der Waals surface area (Å²) in [6.45, 7) is 1.26. The zero-order chi connectivity index (χ0) is 17.8. The molecule has 0 saturated carbocycles. The van der Waals surface area contributed by atoms with Crippen LogP contribution in [0.3, 0.4) is 0 Å². The SMILES string of the molecule is O=C(c1ccc(NCc2cc(F)ccc2F)cc1)N1CCC(O)CC1. The Bertz CT molecular complexity index is 742. The molecule has 1 heterocycles. The van der Waals surface area contributed by atoms with Gasteiger partial charge in [-0.3, -0.25) is 4.79 Å². The second-order valence-corrected chi connectivity index (χ2v) is 6.19. The number of halogens is 2. The molecule has 6 heteroatoms. The van der Waals surface area contributed by atoms with Crippen molar-refractivity contribution >= 4 is 11.6 Å². The monoisotopic (exact) mass is 346 g/mol. The minimum atomic E-state index is -0.481. The lowest BCUT2D eigenvalue weighted by Crippen LogP contribution is -2.40. The summed E-state index contributed by atoms with van der Waals surface area (Å²) in [5.74, 6) is -1.01. The lowest BCUT2D eigenvalue weighted by Gasteiger charge is -2.29. The van der Waals surface area contributed by atoms with E-state index in [0.717, 1.165) is 18.2 Å². The maximum absolute atomic E-state index is 13.6. The van der Waals surface area contributed by atoms with Gasteiger partial charge >= 0.3 is 0 Å². The molecule has 0 unspecified atom stereocenters. The summed E-state index contributed by atoms with van der Waals surface area (Å²) in [4.78, 5) is 14.1. The number of aliphatic hydroxyl groups is 1. The van der Waals surface area contributed by atoms with Crippen molar-refractivity contribution in [2.75, 3.05) is 18.4 Å². The lowest BCUT2D eigenvalue weighted by atomic mass is 10.1. The van der Waals surface area contributed by atoms with Crippen LogP contribution < -0.4 is 5.32 Å². The first-order chi connectivity index (χ1) is 12.0. The van der Waals surface area contributed by atoms with E-state index in [-0.39, 0.29) is 24.1 Å². The summed E-state index contributed by atoms with van der Waals surface area (Å²) in [5.41, 5.74) is 1.53. The highest BCUT2D eigenvalue weighted by molar-refractivity contribution is 5.94. The maximum atomic E-state index is 13.6. The van der Waals surface area contributed by atoms with Crippen LogP contribution in [0.25, 0.3) is 0 Å². The van der Waals surface area contributed by atoms with E-state index in [9.17, 15) is 18.7 Å². The van der Waals surface area contributed by atoms with Crippen molar-refractivity contribution < 1.29 is 18.7 Å². The molecule has 3 rings (SSSR count). The van der Waals surface area contributed by atoms with Gasteiger partial charge in [0.15, 0.2) is 0 Å². The molecular weight excluding hydrogens is 326 g/mol. The van der Waals surface area contributed by atoms with Crippen molar-refractivity contribution in [1.82, 2.24) is 4.90 Å². The molecular formula is C19H20F2N2O2. The Kier molecular flexibility index (Phi) is 5.28. The van der Waals surface area contributed by atoms with Gasteiger partial charge in [0.05, 0.1) is 6.10 Å². The fourth-order valence-corrected chi connectivity index (χ4v) is 2.86. The van der Waals surface area contributed by atoms with Crippen LogP contribution in [-0.4, -0.2) is 35.1 Å². The van der Waals surface area contributed by atoms with Crippen molar-refractivity contribution in [2.45, 2.75) is 25.5 Å². The van der Waals surface area contributed by atoms with Gasteiger partial charge in [-0.05, 0) is 55.3 Å². The van der Waals surface area contributed by atoms with Crippen LogP contribution in [0.5, 0.6) is 0 Å². The molecule has 0 bridgehead atoms. The van der Waals surface area contributed by atoms with Crippen molar-refractivity contribution in [2.24, 2.45) is 0 Å². The number of anilines is 1. The average Bonchev–Trinajstić information content (AvgIpc) is 2.63. The highest BCUT2D eigenvalue weighted by atomic mass is 19.1. The summed E-state index contributed by atoms with van der Waals surface area (Å²) in [6.07, 6.45) is 0.883. The molecule has 1 saturated heterocycles. The van der Waals surface area contributed by atoms with Crippen LogP contribution >= 0.6 is 0 Å². The number of piperidine rings is 1. The number of nitrogens with one attached hydrogen (secondary N) is 1. The topological polar surface area (TPSA) is 52.6 Å². The first-order valence-electron chi connectivity index (χ1n) is 8.28. The summed E-state index contributed by atoms with van der Waals surface area (Å²) in [6, 6.07) is 10.2. The van der Waals surface area contributed by atoms with Crippen molar-refractivity contribution in [1.29, 1.82) is 0 Å². The van der Waals surface area contributed by atoms with Gasteiger partial charge in [-0.25, -0.2) is 8.78 Å². The second-order valence-electron chi connectivity index (χ2n) is 6.19. The van der Waals surface area contributed by atoms with Crippen LogP contribution in [0.4, 0.5) is 14.5 Å². The highest BCUT2D eigenvalue weighted by Crippen LogP contribution is 2.17. The van der Waals surface area contributed by atoms with Gasteiger partial charge in [0, 0.05) is 36.4 Å². The Hall–Kier alpha value is -2.47. The Morgan fingerprint density at radius 2 is 1.80 bits per heavy atom. The van der Waals surface area contributed by atoms with Crippen LogP contribution in [0.1, 0.15) is 28.8 Å². The maximum Gasteiger partial charge on any atom is 0.253 e. The molecule has 4 nitrogen and oxygen atoms in total. The summed E-state index contributed by atoms with van der Waals surface area (Å²) >= 11 is 0. The molecule has 0 spiro atoms. The second kappa shape index (κ2) is 7.61. The Labute approximate surface area is 145 Å². The number of benzene rings is 2. The predicted molar refractivity (Wildman–Crippen MR) is 91.3 cm³/mol. The number of carbonyl (C=O) groups is 1. The third-order valence-corrected chi connectivity index (χ3v) is 4.37. The van der Waals surface area contributed by atoms with Gasteiger partial charge in [-0.15, -0.1) is 0 Å². The van der Waals surface area contributed by atoms with Gasteiger partial charge in [0.1, 0.15) is 11.6 Å². The number of hydrogen-bond donors (Lipinski definition) is 2. The van der Waals surface area contributed by atoms with Crippen molar-refractivity contribution in [3.05, 3.63) is 65.2 Å². The number of carbonyl (C=O) groups excluding carboxylic acids is 1. The first-order valence-corrected chi connectivity index (χ1v) is 8.28. The van der Waals surface area contributed by atoms with Gasteiger partial charge in [0.25, 0.3) is 5.91 Å². The molecule has 25 heavy (non-hydrogen) atoms. The van der Waals surface area contributed by atoms with Gasteiger partial charge < -0.3 is 15.3 Å². The van der Waals surface area contributed by atoms with E-state index >= 15 is 0 Å². The minimum Gasteiger partial charge on any atom is -0.393 e. The molecule has 2 aromatic rings. The standard InChI is InChI=1S/C19H20F2N2O2/c20-15-3-6-18(21)14(11-15)12-22-16-4-1-13(2-5-16)19(25)23-9-7-17(24)8-10-23/h1-6,11,17,22,24H,7-10,12H2. The van der Waals surface area contributed by atoms with E-state index in [1.165, 1.54) is 0 Å². The molecule has 1 aliphatic heterocycles. The molecule has 1 aliphatic rings. The van der Waals surface area contributed by atoms with E-state index in [1.807, 2.05) is 0 Å². The third-order valence-electron chi connectivity index (χ3n) is 4.37. The van der Waals surface area contributed by atoms with E-state index in [4.69, 9.17) is 0 Å². The fourth-order valence-electron chi connectivity index (χ4n) is 2.86. The molecule has 0 atom stereocenters. The van der Waals surface area contributed by atoms with Crippen LogP contribution in [-0.2, 0) is 6.54 Å². The lowest BCUT2D eigenvalue weighted by molar-refractivity contribution is 0.0546. The number of rotatable bonds is 4. The third kappa shape index (κ3) is 4.33. The largest absolute Gasteiger partial charge is 0.393 e. The van der Waals surface area contributed by atoms with Crippen LogP contribution in [0.2, 0.25) is 0 Å². The summed E-state index contributed by atoms with van der Waals surface area (Å²) in [7, 11) is 0. The van der Waals surface area contributed by atoms with Crippen LogP contribution in [0, 0.1) is 11.6 Å². The van der Waals surface area contributed by atoms with E-state index in [0.29, 0.717) is 37.2 Å². The van der Waals surface area contributed by atoms with Gasteiger partial charge in [0.2, 0.25) is 0 Å². The number of amides is 1. The molecule has 1 fully saturated rings. The summed E-state index contributed by atoms with van der Waals surface area (Å²) in [5, 5.41) is 12.5. The smallest absolute Gasteiger partial charge is 0.253 e. The average molecular weight is 346 g/mol. The zero-order valence-corrected chi connectivity index (χ0v) is 13.7. The molecule has 2 aromatic carbocycles. The first kappa shape index (κ1) is 17.4. The Balaban J connectivity index is 1.60. The Morgan fingerprint density at radius 1 is 1.12 bits per heavy atom. The zero-order valence-electron chi connectivity index (χ0n) is 13.7.